The van der Waals surface area contributed by atoms with Crippen molar-refractivity contribution in [3.05, 3.63) is 24.3 Å². The molecule has 6 atom stereocenters. The van der Waals surface area contributed by atoms with Crippen LogP contribution in [0.15, 0.2) is 24.3 Å². The molecule has 1 saturated heterocycles. The van der Waals surface area contributed by atoms with Gasteiger partial charge in [-0.15, -0.1) is 0 Å². The molecule has 1 aliphatic rings. The van der Waals surface area contributed by atoms with E-state index in [4.69, 9.17) is 18.9 Å². The van der Waals surface area contributed by atoms with E-state index < -0.39 is 71.2 Å². The molecule has 57 heavy (non-hydrogen) atoms. The summed E-state index contributed by atoms with van der Waals surface area (Å²) in [4.78, 5) is 25.3. The quantitative estimate of drug-likeness (QED) is 0.0202. The van der Waals surface area contributed by atoms with Crippen molar-refractivity contribution in [2.45, 2.75) is 224 Å². The lowest BCUT2D eigenvalue weighted by Crippen LogP contribution is -2.60. The molecule has 0 amide bonds. The fourth-order valence-electron chi connectivity index (χ4n) is 6.73. The Morgan fingerprint density at radius 3 is 1.53 bits per heavy atom. The molecule has 0 radical (unpaired) electrons. The van der Waals surface area contributed by atoms with Crippen LogP contribution in [-0.2, 0) is 38.7 Å². The number of ether oxygens (including phenoxy) is 4. The fourth-order valence-corrected chi connectivity index (χ4v) is 7.42. The average molecular weight is 833 g/mol. The second-order valence-electron chi connectivity index (χ2n) is 15.7. The Kier molecular flexibility index (Phi) is 32.6. The highest BCUT2D eigenvalue weighted by molar-refractivity contribution is 7.85. The summed E-state index contributed by atoms with van der Waals surface area (Å²) in [5.74, 6) is -1.99. The van der Waals surface area contributed by atoms with Gasteiger partial charge in [0.05, 0.1) is 6.61 Å². The summed E-state index contributed by atoms with van der Waals surface area (Å²) >= 11 is 0. The van der Waals surface area contributed by atoms with Crippen LogP contribution in [0.3, 0.4) is 0 Å². The van der Waals surface area contributed by atoms with Gasteiger partial charge in [-0.3, -0.25) is 14.1 Å². The highest BCUT2D eigenvalue weighted by Gasteiger charge is 2.46. The molecular weight excluding hydrogens is 753 g/mol. The Bertz CT molecular complexity index is 1160. The number of carbonyl (C=O) groups is 2. The van der Waals surface area contributed by atoms with Gasteiger partial charge >= 0.3 is 11.9 Å². The average Bonchev–Trinajstić information content (AvgIpc) is 3.17. The summed E-state index contributed by atoms with van der Waals surface area (Å²) in [7, 11) is -4.60. The predicted octanol–water partition coefficient (Wildman–Crippen LogP) is 8.84. The van der Waals surface area contributed by atoms with Crippen molar-refractivity contribution in [3.8, 4) is 0 Å². The molecule has 4 N–H and O–H groups in total. The summed E-state index contributed by atoms with van der Waals surface area (Å²) in [5, 5.41) is 30.8. The number of allylic oxidation sites excluding steroid dienone is 4. The molecule has 6 unspecified atom stereocenters. The van der Waals surface area contributed by atoms with Gasteiger partial charge < -0.3 is 34.3 Å². The summed E-state index contributed by atoms with van der Waals surface area (Å²) in [6, 6.07) is 0. The molecular formula is C44H80O12S. The maximum Gasteiger partial charge on any atom is 0.306 e. The number of hydrogen-bond donors (Lipinski definition) is 4. The molecule has 334 valence electrons. The van der Waals surface area contributed by atoms with E-state index in [0.717, 1.165) is 64.2 Å². The Hall–Kier alpha value is -1.87. The minimum Gasteiger partial charge on any atom is -0.462 e. The lowest BCUT2D eigenvalue weighted by molar-refractivity contribution is -0.297. The minimum absolute atomic E-state index is 0.162. The van der Waals surface area contributed by atoms with Crippen molar-refractivity contribution >= 4 is 22.1 Å². The molecule has 1 heterocycles. The Morgan fingerprint density at radius 2 is 1.04 bits per heavy atom. The summed E-state index contributed by atoms with van der Waals surface area (Å²) < 4.78 is 54.0. The zero-order valence-electron chi connectivity index (χ0n) is 35.4. The van der Waals surface area contributed by atoms with E-state index in [9.17, 15) is 37.9 Å². The molecule has 1 fully saturated rings. The van der Waals surface area contributed by atoms with Gasteiger partial charge in [-0.2, -0.15) is 8.42 Å². The molecule has 0 saturated carbocycles. The van der Waals surface area contributed by atoms with Crippen LogP contribution in [0.2, 0.25) is 0 Å². The molecule has 1 rings (SSSR count). The first-order valence-electron chi connectivity index (χ1n) is 22.4. The first kappa shape index (κ1) is 53.1. The van der Waals surface area contributed by atoms with Gasteiger partial charge in [0, 0.05) is 12.8 Å². The van der Waals surface area contributed by atoms with Crippen molar-refractivity contribution < 1.29 is 56.8 Å². The number of unbranched alkanes of at least 4 members (excludes halogenated alkanes) is 21. The number of carbonyl (C=O) groups excluding carboxylic acids is 2. The van der Waals surface area contributed by atoms with E-state index in [0.29, 0.717) is 12.8 Å². The van der Waals surface area contributed by atoms with Crippen LogP contribution in [0.4, 0.5) is 0 Å². The molecule has 0 bridgehead atoms. The second-order valence-corrected chi connectivity index (χ2v) is 17.2. The Labute approximate surface area is 345 Å². The van der Waals surface area contributed by atoms with E-state index >= 15 is 0 Å². The predicted molar refractivity (Wildman–Crippen MR) is 224 cm³/mol. The van der Waals surface area contributed by atoms with Crippen LogP contribution in [0.1, 0.15) is 187 Å². The molecule has 0 aromatic carbocycles. The number of aliphatic hydroxyl groups excluding tert-OH is 3. The second kappa shape index (κ2) is 34.9. The van der Waals surface area contributed by atoms with E-state index in [-0.39, 0.29) is 19.4 Å². The lowest BCUT2D eigenvalue weighted by atomic mass is 10.00. The van der Waals surface area contributed by atoms with Gasteiger partial charge in [-0.1, -0.05) is 141 Å². The zero-order valence-corrected chi connectivity index (χ0v) is 36.3. The standard InChI is InChI=1S/C44H80O12S/c1-3-5-7-9-11-13-15-16-17-18-19-20-21-22-23-25-27-29-31-33-40(46)55-37(34-53-39(45)32-30-28-26-24-14-12-10-8-6-4-2)35-54-44-43(49)42(48)41(47)38(56-44)36-57(50,51)52/h8,10,16-17,37-38,41-44,47-49H,3-7,9,11-15,18-36H2,1-2H3,(H,50,51,52)/b10-8-,17-16-. The van der Waals surface area contributed by atoms with Gasteiger partial charge in [0.2, 0.25) is 0 Å². The molecule has 0 aromatic rings. The van der Waals surface area contributed by atoms with Gasteiger partial charge in [0.15, 0.2) is 12.4 Å². The summed E-state index contributed by atoms with van der Waals surface area (Å²) in [5.41, 5.74) is 0. The monoisotopic (exact) mass is 833 g/mol. The molecule has 1 aliphatic heterocycles. The van der Waals surface area contributed by atoms with Crippen LogP contribution in [0.5, 0.6) is 0 Å². The van der Waals surface area contributed by atoms with Crippen LogP contribution in [-0.4, -0.2) is 96.0 Å². The van der Waals surface area contributed by atoms with Crippen LogP contribution < -0.4 is 0 Å². The van der Waals surface area contributed by atoms with Crippen LogP contribution in [0, 0.1) is 0 Å². The van der Waals surface area contributed by atoms with Crippen molar-refractivity contribution in [1.82, 2.24) is 0 Å². The van der Waals surface area contributed by atoms with Gasteiger partial charge in [-0.25, -0.2) is 0 Å². The Balaban J connectivity index is 2.41. The number of hydrogen-bond acceptors (Lipinski definition) is 11. The zero-order chi connectivity index (χ0) is 42.0. The van der Waals surface area contributed by atoms with Crippen molar-refractivity contribution in [2.24, 2.45) is 0 Å². The number of aliphatic hydroxyl groups is 3. The first-order valence-corrected chi connectivity index (χ1v) is 24.0. The third-order valence-corrected chi connectivity index (χ3v) is 11.0. The largest absolute Gasteiger partial charge is 0.462 e. The van der Waals surface area contributed by atoms with Gasteiger partial charge in [0.25, 0.3) is 10.1 Å². The lowest BCUT2D eigenvalue weighted by Gasteiger charge is -2.40. The maximum absolute atomic E-state index is 12.8. The molecule has 0 spiro atoms. The summed E-state index contributed by atoms with van der Waals surface area (Å²) in [6.07, 6.45) is 28.1. The van der Waals surface area contributed by atoms with E-state index in [1.807, 2.05) is 0 Å². The highest BCUT2D eigenvalue weighted by atomic mass is 32.2. The fraction of sp³-hybridized carbons (Fsp3) is 0.864. The molecule has 0 aliphatic carbocycles. The molecule has 13 heteroatoms. The maximum atomic E-state index is 12.8. The van der Waals surface area contributed by atoms with Gasteiger partial charge in [0.1, 0.15) is 36.8 Å². The number of esters is 2. The van der Waals surface area contributed by atoms with E-state index in [1.165, 1.54) is 83.5 Å². The SMILES string of the molecule is CCC/C=C\CCCCCCCC(=O)OCC(COC1OC(CS(=O)(=O)O)C(O)C(O)C1O)OC(=O)CCCCCCCCCCC/C=C\CCCCCCCC. The van der Waals surface area contributed by atoms with Crippen LogP contribution in [0.25, 0.3) is 0 Å². The van der Waals surface area contributed by atoms with E-state index in [1.54, 1.807) is 0 Å². The van der Waals surface area contributed by atoms with Gasteiger partial charge in [-0.05, 0) is 57.8 Å². The minimum atomic E-state index is -4.60. The van der Waals surface area contributed by atoms with Crippen LogP contribution >= 0.6 is 0 Å². The highest BCUT2D eigenvalue weighted by Crippen LogP contribution is 2.24. The topological polar surface area (TPSA) is 186 Å². The van der Waals surface area contributed by atoms with Crippen molar-refractivity contribution in [2.75, 3.05) is 19.0 Å². The first-order chi connectivity index (χ1) is 27.5. The third-order valence-electron chi connectivity index (χ3n) is 10.2. The Morgan fingerprint density at radius 1 is 0.579 bits per heavy atom. The van der Waals surface area contributed by atoms with E-state index in [2.05, 4.69) is 38.2 Å². The van der Waals surface area contributed by atoms with Crippen molar-refractivity contribution in [3.63, 3.8) is 0 Å². The van der Waals surface area contributed by atoms with Crippen molar-refractivity contribution in [1.29, 1.82) is 0 Å². The molecule has 12 nitrogen and oxygen atoms in total. The normalized spacial score (nSPS) is 20.7. The third kappa shape index (κ3) is 29.9. The summed E-state index contributed by atoms with van der Waals surface area (Å²) in [6.45, 7) is 3.68. The number of rotatable bonds is 37. The smallest absolute Gasteiger partial charge is 0.306 e. The molecule has 0 aromatic heterocycles.